The molecule has 2 heterocycles. The quantitative estimate of drug-likeness (QED) is 0.867. The Bertz CT molecular complexity index is 804. The van der Waals surface area contributed by atoms with E-state index < -0.39 is 0 Å². The average Bonchev–Trinajstić information content (AvgIpc) is 2.89. The lowest BCUT2D eigenvalue weighted by atomic mass is 9.51. The Morgan fingerprint density at radius 1 is 1.21 bits per heavy atom. The number of carbonyl (C=O) groups is 1. The number of hydrogen-bond acceptors (Lipinski definition) is 3. The number of nitrogens with zero attached hydrogens (tertiary/aromatic N) is 3. The molecule has 1 amide bonds. The molecule has 1 aromatic heterocycles. The van der Waals surface area contributed by atoms with Crippen LogP contribution in [0.4, 0.5) is 4.39 Å². The highest BCUT2D eigenvalue weighted by atomic mass is 19.1. The second kappa shape index (κ2) is 5.06. The molecule has 3 saturated carbocycles. The zero-order chi connectivity index (χ0) is 16.3. The van der Waals surface area contributed by atoms with Crippen molar-refractivity contribution in [2.45, 2.75) is 32.0 Å². The molecule has 2 aromatic rings. The highest BCUT2D eigenvalue weighted by molar-refractivity contribution is 5.93. The number of carbonyl (C=O) groups excluding carboxylic acids is 1. The molecule has 24 heavy (non-hydrogen) atoms. The number of ether oxygens (including phenoxy) is 1. The van der Waals surface area contributed by atoms with Gasteiger partial charge in [-0.1, -0.05) is 6.07 Å². The first-order valence-electron chi connectivity index (χ1n) is 8.45. The molecule has 0 atom stereocenters. The van der Waals surface area contributed by atoms with Crippen LogP contribution >= 0.6 is 0 Å². The summed E-state index contributed by atoms with van der Waals surface area (Å²) >= 11 is 0. The second-order valence-electron chi connectivity index (χ2n) is 6.97. The third-order valence-electron chi connectivity index (χ3n) is 5.58. The molecule has 0 saturated heterocycles. The standard InChI is InChI=1S/C18H18FN3O2/c19-13-2-1-3-15(8-13)24-10-14-9-16-18(23)21(4-5-22(16)20-14)17-11-6-12(17)7-11/h1-3,8-9,11-12,17H,4-7,10H2. The van der Waals surface area contributed by atoms with E-state index >= 15 is 0 Å². The van der Waals surface area contributed by atoms with E-state index in [2.05, 4.69) is 5.10 Å². The Balaban J connectivity index is 1.30. The zero-order valence-electron chi connectivity index (χ0n) is 13.2. The van der Waals surface area contributed by atoms with Gasteiger partial charge in [0.25, 0.3) is 5.91 Å². The minimum Gasteiger partial charge on any atom is -0.487 e. The fourth-order valence-electron chi connectivity index (χ4n) is 4.10. The van der Waals surface area contributed by atoms with Crippen molar-refractivity contribution in [2.24, 2.45) is 11.8 Å². The van der Waals surface area contributed by atoms with Gasteiger partial charge in [-0.15, -0.1) is 0 Å². The molecule has 3 aliphatic carbocycles. The summed E-state index contributed by atoms with van der Waals surface area (Å²) in [7, 11) is 0. The van der Waals surface area contributed by atoms with Gasteiger partial charge in [-0.2, -0.15) is 5.10 Å². The van der Waals surface area contributed by atoms with E-state index in [9.17, 15) is 9.18 Å². The van der Waals surface area contributed by atoms with E-state index in [1.54, 1.807) is 22.9 Å². The zero-order valence-corrected chi connectivity index (χ0v) is 13.2. The van der Waals surface area contributed by atoms with Gasteiger partial charge in [-0.3, -0.25) is 9.48 Å². The van der Waals surface area contributed by atoms with Crippen LogP contribution < -0.4 is 4.74 Å². The van der Waals surface area contributed by atoms with Crippen LogP contribution in [0, 0.1) is 17.7 Å². The van der Waals surface area contributed by atoms with Crippen molar-refractivity contribution in [3.05, 3.63) is 47.5 Å². The number of fused-ring (bicyclic) bond motifs is 1. The van der Waals surface area contributed by atoms with Gasteiger partial charge >= 0.3 is 0 Å². The van der Waals surface area contributed by atoms with Crippen LogP contribution in [0.2, 0.25) is 0 Å². The summed E-state index contributed by atoms with van der Waals surface area (Å²) in [6.45, 7) is 1.71. The van der Waals surface area contributed by atoms with Gasteiger partial charge in [-0.05, 0) is 42.9 Å². The SMILES string of the molecule is O=C1c2cc(COc3cccc(F)c3)nn2CCN1C1C2CC1C2. The third kappa shape index (κ3) is 2.05. The van der Waals surface area contributed by atoms with E-state index in [0.717, 1.165) is 24.9 Å². The molecule has 2 bridgehead atoms. The van der Waals surface area contributed by atoms with Crippen molar-refractivity contribution in [3.8, 4) is 5.75 Å². The molecule has 6 heteroatoms. The summed E-state index contributed by atoms with van der Waals surface area (Å²) in [6.07, 6.45) is 2.58. The van der Waals surface area contributed by atoms with Crippen LogP contribution in [0.1, 0.15) is 29.0 Å². The molecule has 0 N–H and O–H groups in total. The number of hydrogen-bond donors (Lipinski definition) is 0. The normalized spacial score (nSPS) is 27.3. The van der Waals surface area contributed by atoms with Gasteiger partial charge in [0, 0.05) is 18.7 Å². The highest BCUT2D eigenvalue weighted by Crippen LogP contribution is 2.56. The van der Waals surface area contributed by atoms with E-state index in [1.165, 1.54) is 25.0 Å². The molecule has 6 rings (SSSR count). The van der Waals surface area contributed by atoms with Gasteiger partial charge in [0.1, 0.15) is 29.6 Å². The number of aromatic nitrogens is 2. The minimum absolute atomic E-state index is 0.0881. The van der Waals surface area contributed by atoms with Crippen LogP contribution in [0.15, 0.2) is 30.3 Å². The predicted molar refractivity (Wildman–Crippen MR) is 84.0 cm³/mol. The maximum Gasteiger partial charge on any atom is 0.272 e. The fourth-order valence-corrected chi connectivity index (χ4v) is 4.10. The fraction of sp³-hybridized carbons (Fsp3) is 0.444. The summed E-state index contributed by atoms with van der Waals surface area (Å²) in [5, 5.41) is 4.46. The molecule has 5 nitrogen and oxygen atoms in total. The first kappa shape index (κ1) is 14.0. The third-order valence-corrected chi connectivity index (χ3v) is 5.58. The van der Waals surface area contributed by atoms with Gasteiger partial charge in [0.05, 0.1) is 6.54 Å². The molecule has 3 fully saturated rings. The van der Waals surface area contributed by atoms with E-state index in [-0.39, 0.29) is 18.3 Å². The van der Waals surface area contributed by atoms with Crippen LogP contribution in [0.5, 0.6) is 5.75 Å². The second-order valence-corrected chi connectivity index (χ2v) is 6.97. The minimum atomic E-state index is -0.332. The number of benzene rings is 1. The van der Waals surface area contributed by atoms with Crippen LogP contribution in [-0.4, -0.2) is 33.2 Å². The Morgan fingerprint density at radius 3 is 2.75 bits per heavy atom. The summed E-state index contributed by atoms with van der Waals surface area (Å²) in [5.41, 5.74) is 1.34. The Hall–Kier alpha value is -2.37. The molecule has 1 aliphatic heterocycles. The molecule has 124 valence electrons. The van der Waals surface area contributed by atoms with Crippen LogP contribution in [0.3, 0.4) is 0 Å². The highest BCUT2D eigenvalue weighted by Gasteiger charge is 2.56. The summed E-state index contributed by atoms with van der Waals surface area (Å²) in [5.74, 6) is 1.67. The predicted octanol–water partition coefficient (Wildman–Crippen LogP) is 2.47. The summed E-state index contributed by atoms with van der Waals surface area (Å²) < 4.78 is 20.5. The molecular weight excluding hydrogens is 309 g/mol. The molecule has 0 unspecified atom stereocenters. The average molecular weight is 327 g/mol. The molecule has 1 aromatic carbocycles. The van der Waals surface area contributed by atoms with E-state index in [1.807, 2.05) is 4.90 Å². The smallest absolute Gasteiger partial charge is 0.272 e. The van der Waals surface area contributed by atoms with Gasteiger partial charge in [0.2, 0.25) is 0 Å². The van der Waals surface area contributed by atoms with Gasteiger partial charge < -0.3 is 9.64 Å². The number of rotatable bonds is 4. The number of amides is 1. The molecule has 4 aliphatic rings. The van der Waals surface area contributed by atoms with Crippen molar-refractivity contribution in [1.29, 1.82) is 0 Å². The summed E-state index contributed by atoms with van der Waals surface area (Å²) in [4.78, 5) is 14.8. The van der Waals surface area contributed by atoms with E-state index in [0.29, 0.717) is 23.2 Å². The summed E-state index contributed by atoms with van der Waals surface area (Å²) in [6, 6.07) is 8.29. The Morgan fingerprint density at radius 2 is 2.04 bits per heavy atom. The first-order chi connectivity index (χ1) is 11.7. The van der Waals surface area contributed by atoms with Crippen molar-refractivity contribution >= 4 is 5.91 Å². The monoisotopic (exact) mass is 327 g/mol. The number of halogens is 1. The Labute approximate surface area is 139 Å². The van der Waals surface area contributed by atoms with Crippen LogP contribution in [-0.2, 0) is 13.2 Å². The maximum absolute atomic E-state index is 13.2. The topological polar surface area (TPSA) is 47.4 Å². The van der Waals surface area contributed by atoms with Crippen LogP contribution in [0.25, 0.3) is 0 Å². The lowest BCUT2D eigenvalue weighted by Crippen LogP contribution is -2.66. The van der Waals surface area contributed by atoms with Crippen molar-refractivity contribution in [1.82, 2.24) is 14.7 Å². The van der Waals surface area contributed by atoms with E-state index in [4.69, 9.17) is 4.74 Å². The molecular formula is C18H18FN3O2. The lowest BCUT2D eigenvalue weighted by molar-refractivity contribution is -0.102. The maximum atomic E-state index is 13.2. The van der Waals surface area contributed by atoms with Gasteiger partial charge in [0.15, 0.2) is 0 Å². The van der Waals surface area contributed by atoms with Crippen molar-refractivity contribution < 1.29 is 13.9 Å². The Kier molecular flexibility index (Phi) is 2.96. The van der Waals surface area contributed by atoms with Gasteiger partial charge in [-0.25, -0.2) is 4.39 Å². The first-order valence-corrected chi connectivity index (χ1v) is 8.45. The van der Waals surface area contributed by atoms with Crippen molar-refractivity contribution in [3.63, 3.8) is 0 Å². The van der Waals surface area contributed by atoms with Crippen molar-refractivity contribution in [2.75, 3.05) is 6.54 Å². The lowest BCUT2D eigenvalue weighted by Gasteiger charge is -2.62. The molecule has 0 spiro atoms. The largest absolute Gasteiger partial charge is 0.487 e. The molecule has 0 radical (unpaired) electrons.